The third-order valence-electron chi connectivity index (χ3n) is 3.87. The van der Waals surface area contributed by atoms with Gasteiger partial charge in [0.25, 0.3) is 0 Å². The van der Waals surface area contributed by atoms with Crippen molar-refractivity contribution in [3.63, 3.8) is 0 Å². The quantitative estimate of drug-likeness (QED) is 0.746. The first-order valence-electron chi connectivity index (χ1n) is 8.75. The number of hydrogen-bond acceptors (Lipinski definition) is 6. The number of ether oxygens (including phenoxy) is 3. The fraction of sp³-hybridized carbons (Fsp3) is 0.526. The van der Waals surface area contributed by atoms with E-state index in [0.29, 0.717) is 37.6 Å². The number of methoxy groups -OCH3 is 1. The van der Waals surface area contributed by atoms with E-state index in [-0.39, 0.29) is 12.5 Å². The summed E-state index contributed by atoms with van der Waals surface area (Å²) in [5, 5.41) is 0. The van der Waals surface area contributed by atoms with Gasteiger partial charge in [0.05, 0.1) is 25.9 Å². The van der Waals surface area contributed by atoms with E-state index in [0.717, 1.165) is 0 Å². The van der Waals surface area contributed by atoms with Gasteiger partial charge in [0.1, 0.15) is 12.1 Å². The van der Waals surface area contributed by atoms with Crippen molar-refractivity contribution < 1.29 is 28.6 Å². The van der Waals surface area contributed by atoms with E-state index < -0.39 is 17.7 Å². The van der Waals surface area contributed by atoms with E-state index in [1.165, 1.54) is 24.1 Å². The molecule has 0 aromatic heterocycles. The molecule has 1 fully saturated rings. The summed E-state index contributed by atoms with van der Waals surface area (Å²) in [7, 11) is 1.30. The molecule has 0 atom stereocenters. The molecule has 148 valence electrons. The summed E-state index contributed by atoms with van der Waals surface area (Å²) in [4.78, 5) is 39.8. The summed E-state index contributed by atoms with van der Waals surface area (Å²) in [6, 6.07) is 6.25. The minimum Gasteiger partial charge on any atom is -0.465 e. The van der Waals surface area contributed by atoms with E-state index in [2.05, 4.69) is 4.74 Å². The molecule has 8 heteroatoms. The number of esters is 1. The van der Waals surface area contributed by atoms with E-state index in [4.69, 9.17) is 9.47 Å². The Kier molecular flexibility index (Phi) is 6.79. The van der Waals surface area contributed by atoms with E-state index in [1.807, 2.05) is 0 Å². The number of morpholine rings is 1. The molecule has 0 unspecified atom stereocenters. The molecule has 1 aliphatic rings. The molecular formula is C19H26N2O6. The van der Waals surface area contributed by atoms with Crippen LogP contribution < -0.4 is 4.90 Å². The van der Waals surface area contributed by atoms with Crippen molar-refractivity contribution in [1.82, 2.24) is 4.90 Å². The largest absolute Gasteiger partial charge is 0.465 e. The maximum absolute atomic E-state index is 12.7. The minimum atomic E-state index is -0.705. The van der Waals surface area contributed by atoms with Crippen LogP contribution in [0.1, 0.15) is 31.1 Å². The second-order valence-electron chi connectivity index (χ2n) is 7.10. The second kappa shape index (κ2) is 8.85. The molecule has 1 aliphatic heterocycles. The SMILES string of the molecule is COC(=O)c1ccc(N(CC(=O)N2CCOCC2)C(=O)OC(C)(C)C)cc1. The first kappa shape index (κ1) is 20.7. The third kappa shape index (κ3) is 5.96. The smallest absolute Gasteiger partial charge is 0.415 e. The van der Waals surface area contributed by atoms with Gasteiger partial charge in [0.15, 0.2) is 0 Å². The van der Waals surface area contributed by atoms with Crippen LogP contribution in [0.2, 0.25) is 0 Å². The molecule has 0 saturated carbocycles. The van der Waals surface area contributed by atoms with Gasteiger partial charge < -0.3 is 19.1 Å². The molecule has 2 amide bonds. The highest BCUT2D eigenvalue weighted by Crippen LogP contribution is 2.20. The van der Waals surface area contributed by atoms with Crippen molar-refractivity contribution in [1.29, 1.82) is 0 Å². The van der Waals surface area contributed by atoms with E-state index >= 15 is 0 Å². The maximum atomic E-state index is 12.7. The normalized spacial score (nSPS) is 14.4. The lowest BCUT2D eigenvalue weighted by atomic mass is 10.2. The van der Waals surface area contributed by atoms with Gasteiger partial charge in [-0.2, -0.15) is 0 Å². The standard InChI is InChI=1S/C19H26N2O6/c1-19(2,3)27-18(24)21(13-16(22)20-9-11-26-12-10-20)15-7-5-14(6-8-15)17(23)25-4/h5-8H,9-13H2,1-4H3. The second-order valence-corrected chi connectivity index (χ2v) is 7.10. The predicted octanol–water partition coefficient (Wildman–Crippen LogP) is 2.07. The number of benzene rings is 1. The monoisotopic (exact) mass is 378 g/mol. The predicted molar refractivity (Wildman–Crippen MR) is 98.8 cm³/mol. The van der Waals surface area contributed by atoms with Gasteiger partial charge in [-0.25, -0.2) is 9.59 Å². The Morgan fingerprint density at radius 1 is 1.11 bits per heavy atom. The van der Waals surface area contributed by atoms with Crippen molar-refractivity contribution in [2.75, 3.05) is 44.9 Å². The van der Waals surface area contributed by atoms with Crippen molar-refractivity contribution in [2.45, 2.75) is 26.4 Å². The number of carbonyl (C=O) groups excluding carboxylic acids is 3. The molecule has 1 heterocycles. The molecule has 0 bridgehead atoms. The first-order chi connectivity index (χ1) is 12.7. The van der Waals surface area contributed by atoms with Crippen LogP contribution in [-0.2, 0) is 19.0 Å². The Morgan fingerprint density at radius 3 is 2.22 bits per heavy atom. The van der Waals surface area contributed by atoms with Gasteiger partial charge >= 0.3 is 12.1 Å². The van der Waals surface area contributed by atoms with Crippen molar-refractivity contribution >= 4 is 23.7 Å². The van der Waals surface area contributed by atoms with E-state index in [1.54, 1.807) is 37.8 Å². The zero-order chi connectivity index (χ0) is 20.0. The lowest BCUT2D eigenvalue weighted by Gasteiger charge is -2.31. The van der Waals surface area contributed by atoms with Gasteiger partial charge in [-0.15, -0.1) is 0 Å². The fourth-order valence-electron chi connectivity index (χ4n) is 2.52. The molecule has 2 rings (SSSR count). The molecular weight excluding hydrogens is 352 g/mol. The van der Waals surface area contributed by atoms with Gasteiger partial charge in [-0.3, -0.25) is 9.69 Å². The fourth-order valence-corrected chi connectivity index (χ4v) is 2.52. The topological polar surface area (TPSA) is 85.4 Å². The van der Waals surface area contributed by atoms with Crippen LogP contribution in [0.25, 0.3) is 0 Å². The summed E-state index contributed by atoms with van der Waals surface area (Å²) in [5.41, 5.74) is 0.104. The first-order valence-corrected chi connectivity index (χ1v) is 8.75. The van der Waals surface area contributed by atoms with Crippen LogP contribution in [0, 0.1) is 0 Å². The van der Waals surface area contributed by atoms with Crippen molar-refractivity contribution in [2.24, 2.45) is 0 Å². The van der Waals surface area contributed by atoms with Gasteiger partial charge in [0, 0.05) is 18.8 Å². The van der Waals surface area contributed by atoms with Crippen LogP contribution in [-0.4, -0.2) is 68.4 Å². The average molecular weight is 378 g/mol. The zero-order valence-electron chi connectivity index (χ0n) is 16.2. The number of rotatable bonds is 4. The molecule has 0 radical (unpaired) electrons. The van der Waals surface area contributed by atoms with Crippen LogP contribution in [0.3, 0.4) is 0 Å². The Bertz CT molecular complexity index is 674. The number of carbonyl (C=O) groups is 3. The van der Waals surface area contributed by atoms with Gasteiger partial charge in [-0.1, -0.05) is 0 Å². The minimum absolute atomic E-state index is 0.160. The highest BCUT2D eigenvalue weighted by Gasteiger charge is 2.28. The Balaban J connectivity index is 2.21. The Hall–Kier alpha value is -2.61. The average Bonchev–Trinajstić information content (AvgIpc) is 2.64. The summed E-state index contributed by atoms with van der Waals surface area (Å²) >= 11 is 0. The van der Waals surface area contributed by atoms with Gasteiger partial charge in [0.2, 0.25) is 5.91 Å². The molecule has 1 aromatic carbocycles. The summed E-state index contributed by atoms with van der Waals surface area (Å²) in [6.45, 7) is 7.04. The highest BCUT2D eigenvalue weighted by atomic mass is 16.6. The van der Waals surface area contributed by atoms with E-state index in [9.17, 15) is 14.4 Å². The lowest BCUT2D eigenvalue weighted by Crippen LogP contribution is -2.48. The van der Waals surface area contributed by atoms with Crippen LogP contribution >= 0.6 is 0 Å². The van der Waals surface area contributed by atoms with Gasteiger partial charge in [-0.05, 0) is 45.0 Å². The summed E-state index contributed by atoms with van der Waals surface area (Å²) in [5.74, 6) is -0.670. The number of amides is 2. The maximum Gasteiger partial charge on any atom is 0.415 e. The molecule has 1 saturated heterocycles. The molecule has 8 nitrogen and oxygen atoms in total. The number of hydrogen-bond donors (Lipinski definition) is 0. The van der Waals surface area contributed by atoms with Crippen LogP contribution in [0.4, 0.5) is 10.5 Å². The molecule has 1 aromatic rings. The number of anilines is 1. The van der Waals surface area contributed by atoms with Crippen LogP contribution in [0.5, 0.6) is 0 Å². The lowest BCUT2D eigenvalue weighted by molar-refractivity contribution is -0.133. The van der Waals surface area contributed by atoms with Crippen molar-refractivity contribution in [3.05, 3.63) is 29.8 Å². The molecule has 0 aliphatic carbocycles. The highest BCUT2D eigenvalue weighted by molar-refractivity contribution is 5.96. The molecule has 0 N–H and O–H groups in total. The third-order valence-corrected chi connectivity index (χ3v) is 3.87. The van der Waals surface area contributed by atoms with Crippen molar-refractivity contribution in [3.8, 4) is 0 Å². The Morgan fingerprint density at radius 2 is 1.70 bits per heavy atom. The molecule has 0 spiro atoms. The number of nitrogens with zero attached hydrogens (tertiary/aromatic N) is 2. The molecule has 27 heavy (non-hydrogen) atoms. The zero-order valence-corrected chi connectivity index (χ0v) is 16.2. The summed E-state index contributed by atoms with van der Waals surface area (Å²) < 4.78 is 15.4. The summed E-state index contributed by atoms with van der Waals surface area (Å²) in [6.07, 6.45) is -0.630. The Labute approximate surface area is 159 Å². The van der Waals surface area contributed by atoms with Crippen LogP contribution in [0.15, 0.2) is 24.3 Å².